The molecule has 3 N–H and O–H groups in total. The number of aryl methyl sites for hydroxylation is 1. The molecule has 0 atom stereocenters. The number of imidazole rings is 1. The van der Waals surface area contributed by atoms with Crippen molar-refractivity contribution in [1.82, 2.24) is 19.1 Å². The molecule has 0 fully saturated rings. The highest BCUT2D eigenvalue weighted by molar-refractivity contribution is 6.36. The molecule has 2 heterocycles. The van der Waals surface area contributed by atoms with Crippen LogP contribution in [0.4, 0.5) is 5.95 Å². The summed E-state index contributed by atoms with van der Waals surface area (Å²) in [7, 11) is 1.50. The minimum absolute atomic E-state index is 0.0951. The zero-order chi connectivity index (χ0) is 16.0. The monoisotopic (exact) mass is 339 g/mol. The third-order valence-electron chi connectivity index (χ3n) is 3.41. The number of anilines is 1. The molecule has 0 amide bonds. The van der Waals surface area contributed by atoms with E-state index in [4.69, 9.17) is 28.9 Å². The van der Waals surface area contributed by atoms with Crippen LogP contribution in [-0.4, -0.2) is 19.1 Å². The van der Waals surface area contributed by atoms with E-state index < -0.39 is 11.2 Å². The Hall–Kier alpha value is -2.25. The Balaban J connectivity index is 2.29. The van der Waals surface area contributed by atoms with Gasteiger partial charge < -0.3 is 5.73 Å². The standard InChI is InChI=1S/C13H11Cl2N5O2/c1-19-10-9(11(21)18-13(19)22)20(12(16)17-10)5-6-7(14)3-2-4-8(6)15/h2-4H,5H2,1H3,(H2,16,17)(H,18,21,22). The number of H-pyrrole nitrogens is 1. The van der Waals surface area contributed by atoms with Crippen LogP contribution >= 0.6 is 23.2 Å². The highest BCUT2D eigenvalue weighted by atomic mass is 35.5. The van der Waals surface area contributed by atoms with Gasteiger partial charge in [-0.2, -0.15) is 4.98 Å². The third-order valence-corrected chi connectivity index (χ3v) is 4.12. The molecule has 0 saturated carbocycles. The van der Waals surface area contributed by atoms with Gasteiger partial charge in [-0.25, -0.2) is 4.79 Å². The number of fused-ring (bicyclic) bond motifs is 1. The minimum Gasteiger partial charge on any atom is -0.369 e. The van der Waals surface area contributed by atoms with Gasteiger partial charge in [-0.05, 0) is 12.1 Å². The first kappa shape index (κ1) is 14.7. The fraction of sp³-hybridized carbons (Fsp3) is 0.154. The topological polar surface area (TPSA) is 98.7 Å². The summed E-state index contributed by atoms with van der Waals surface area (Å²) in [4.78, 5) is 30.0. The van der Waals surface area contributed by atoms with Gasteiger partial charge >= 0.3 is 5.69 Å². The van der Waals surface area contributed by atoms with E-state index in [0.717, 1.165) is 0 Å². The van der Waals surface area contributed by atoms with Crippen LogP contribution < -0.4 is 17.0 Å². The number of benzene rings is 1. The van der Waals surface area contributed by atoms with Crippen LogP contribution in [0.25, 0.3) is 11.2 Å². The van der Waals surface area contributed by atoms with Crippen molar-refractivity contribution in [3.63, 3.8) is 0 Å². The molecule has 2 aromatic heterocycles. The number of hydrogen-bond donors (Lipinski definition) is 2. The zero-order valence-corrected chi connectivity index (χ0v) is 12.9. The highest BCUT2D eigenvalue weighted by Gasteiger charge is 2.17. The molecule has 0 aliphatic heterocycles. The first-order valence-electron chi connectivity index (χ1n) is 6.28. The van der Waals surface area contributed by atoms with Crippen LogP contribution in [0, 0.1) is 0 Å². The average molecular weight is 340 g/mol. The maximum atomic E-state index is 12.1. The summed E-state index contributed by atoms with van der Waals surface area (Å²) in [5.41, 5.74) is 5.77. The maximum Gasteiger partial charge on any atom is 0.329 e. The first-order valence-corrected chi connectivity index (χ1v) is 7.03. The molecule has 0 radical (unpaired) electrons. The second-order valence-corrected chi connectivity index (χ2v) is 5.56. The Morgan fingerprint density at radius 2 is 1.91 bits per heavy atom. The molecule has 0 spiro atoms. The van der Waals surface area contributed by atoms with Crippen LogP contribution in [0.5, 0.6) is 0 Å². The Kier molecular flexibility index (Phi) is 3.46. The molecule has 0 bridgehead atoms. The SMILES string of the molecule is Cn1c(=O)[nH]c(=O)c2c1nc(N)n2Cc1c(Cl)cccc1Cl. The largest absolute Gasteiger partial charge is 0.369 e. The lowest BCUT2D eigenvalue weighted by Gasteiger charge is -2.09. The molecule has 3 aromatic rings. The van der Waals surface area contributed by atoms with Gasteiger partial charge in [0.05, 0.1) is 6.54 Å². The van der Waals surface area contributed by atoms with Gasteiger partial charge in [-0.15, -0.1) is 0 Å². The number of halogens is 2. The van der Waals surface area contributed by atoms with Crippen molar-refractivity contribution in [3.05, 3.63) is 54.6 Å². The molecule has 0 unspecified atom stereocenters. The normalized spacial score (nSPS) is 11.2. The van der Waals surface area contributed by atoms with E-state index in [-0.39, 0.29) is 23.7 Å². The molecule has 3 rings (SSSR count). The van der Waals surface area contributed by atoms with E-state index in [1.165, 1.54) is 16.2 Å². The number of nitrogens with one attached hydrogen (secondary N) is 1. The highest BCUT2D eigenvalue weighted by Crippen LogP contribution is 2.26. The minimum atomic E-state index is -0.564. The molecule has 22 heavy (non-hydrogen) atoms. The zero-order valence-electron chi connectivity index (χ0n) is 11.4. The molecule has 0 aliphatic carbocycles. The van der Waals surface area contributed by atoms with Gasteiger partial charge in [0, 0.05) is 22.7 Å². The van der Waals surface area contributed by atoms with Crippen molar-refractivity contribution < 1.29 is 0 Å². The van der Waals surface area contributed by atoms with Crippen molar-refractivity contribution >= 4 is 40.3 Å². The number of nitrogen functional groups attached to an aromatic ring is 1. The van der Waals surface area contributed by atoms with E-state index in [0.29, 0.717) is 15.6 Å². The number of aromatic amines is 1. The van der Waals surface area contributed by atoms with Gasteiger partial charge in [0.1, 0.15) is 0 Å². The van der Waals surface area contributed by atoms with Crippen molar-refractivity contribution in [2.24, 2.45) is 7.05 Å². The van der Waals surface area contributed by atoms with Crippen LogP contribution in [0.2, 0.25) is 10.0 Å². The Labute approximate surface area is 133 Å². The smallest absolute Gasteiger partial charge is 0.329 e. The molecule has 0 saturated heterocycles. The summed E-state index contributed by atoms with van der Waals surface area (Å²) in [6.07, 6.45) is 0. The average Bonchev–Trinajstić information content (AvgIpc) is 2.78. The number of rotatable bonds is 2. The van der Waals surface area contributed by atoms with E-state index in [1.54, 1.807) is 18.2 Å². The number of aromatic nitrogens is 4. The van der Waals surface area contributed by atoms with E-state index in [2.05, 4.69) is 9.97 Å². The third kappa shape index (κ3) is 2.18. The van der Waals surface area contributed by atoms with Gasteiger partial charge in [0.2, 0.25) is 5.95 Å². The molecule has 7 nitrogen and oxygen atoms in total. The summed E-state index contributed by atoms with van der Waals surface area (Å²) in [5, 5.41) is 0.907. The first-order chi connectivity index (χ1) is 10.4. The lowest BCUT2D eigenvalue weighted by Crippen LogP contribution is -2.29. The fourth-order valence-corrected chi connectivity index (χ4v) is 2.77. The second-order valence-electron chi connectivity index (χ2n) is 4.75. The summed E-state index contributed by atoms with van der Waals surface area (Å²) in [5.74, 6) is 0.0951. The predicted molar refractivity (Wildman–Crippen MR) is 85.6 cm³/mol. The Morgan fingerprint density at radius 1 is 1.27 bits per heavy atom. The fourth-order valence-electron chi connectivity index (χ4n) is 2.25. The van der Waals surface area contributed by atoms with E-state index >= 15 is 0 Å². The number of nitrogens with zero attached hydrogens (tertiary/aromatic N) is 3. The second kappa shape index (κ2) is 5.19. The van der Waals surface area contributed by atoms with Gasteiger partial charge in [0.15, 0.2) is 11.2 Å². The van der Waals surface area contributed by atoms with Crippen LogP contribution in [0.3, 0.4) is 0 Å². The summed E-state index contributed by atoms with van der Waals surface area (Å²) in [6.45, 7) is 0.169. The molecule has 0 aliphatic rings. The van der Waals surface area contributed by atoms with Crippen molar-refractivity contribution in [1.29, 1.82) is 0 Å². The predicted octanol–water partition coefficient (Wildman–Crippen LogP) is 1.36. The van der Waals surface area contributed by atoms with Crippen LogP contribution in [-0.2, 0) is 13.6 Å². The summed E-state index contributed by atoms with van der Waals surface area (Å²) < 4.78 is 2.69. The number of nitrogens with two attached hydrogens (primary N) is 1. The van der Waals surface area contributed by atoms with Crippen LogP contribution in [0.15, 0.2) is 27.8 Å². The van der Waals surface area contributed by atoms with Crippen molar-refractivity contribution in [2.45, 2.75) is 6.54 Å². The maximum absolute atomic E-state index is 12.1. The van der Waals surface area contributed by atoms with Crippen molar-refractivity contribution in [2.75, 3.05) is 5.73 Å². The van der Waals surface area contributed by atoms with Gasteiger partial charge in [0.25, 0.3) is 5.56 Å². The Bertz CT molecular complexity index is 982. The molecular formula is C13H11Cl2N5O2. The lowest BCUT2D eigenvalue weighted by atomic mass is 10.2. The molecule has 114 valence electrons. The van der Waals surface area contributed by atoms with E-state index in [9.17, 15) is 9.59 Å². The summed E-state index contributed by atoms with van der Waals surface area (Å²) >= 11 is 12.3. The summed E-state index contributed by atoms with van der Waals surface area (Å²) in [6, 6.07) is 5.11. The lowest BCUT2D eigenvalue weighted by molar-refractivity contribution is 0.812. The van der Waals surface area contributed by atoms with Gasteiger partial charge in [-0.1, -0.05) is 29.3 Å². The van der Waals surface area contributed by atoms with Crippen LogP contribution in [0.1, 0.15) is 5.56 Å². The Morgan fingerprint density at radius 3 is 2.55 bits per heavy atom. The van der Waals surface area contributed by atoms with E-state index in [1.807, 2.05) is 0 Å². The quantitative estimate of drug-likeness (QED) is 0.736. The molecule has 1 aromatic carbocycles. The number of hydrogen-bond acceptors (Lipinski definition) is 4. The van der Waals surface area contributed by atoms with Crippen molar-refractivity contribution in [3.8, 4) is 0 Å². The molecule has 9 heteroatoms. The molecular weight excluding hydrogens is 329 g/mol. The van der Waals surface area contributed by atoms with Gasteiger partial charge in [-0.3, -0.25) is 18.9 Å².